The third-order valence-corrected chi connectivity index (χ3v) is 4.28. The van der Waals surface area contributed by atoms with Crippen LogP contribution in [0.3, 0.4) is 0 Å². The Labute approximate surface area is 129 Å². The highest BCUT2D eigenvalue weighted by Crippen LogP contribution is 2.19. The Hall–Kier alpha value is -1.16. The molecule has 2 rings (SSSR count). The molecule has 0 spiro atoms. The monoisotopic (exact) mass is 290 g/mol. The molecule has 1 saturated heterocycles. The standard InChI is InChI=1S/C17H30N4/c1-4-10-18-11-9-16-14(2)19-17(20-15(16)3)21-12-7-5-6-8-13-21/h18H,4-13H2,1-3H3. The molecule has 1 aliphatic rings. The summed E-state index contributed by atoms with van der Waals surface area (Å²) < 4.78 is 0. The molecule has 1 N–H and O–H groups in total. The van der Waals surface area contributed by atoms with Crippen LogP contribution in [0.15, 0.2) is 0 Å². The summed E-state index contributed by atoms with van der Waals surface area (Å²) in [5.41, 5.74) is 3.62. The fourth-order valence-electron chi connectivity index (χ4n) is 3.01. The molecule has 0 atom stereocenters. The molecule has 4 nitrogen and oxygen atoms in total. The van der Waals surface area contributed by atoms with Gasteiger partial charge in [-0.25, -0.2) is 9.97 Å². The molecule has 0 unspecified atom stereocenters. The van der Waals surface area contributed by atoms with E-state index in [1.807, 2.05) is 0 Å². The predicted octanol–water partition coefficient (Wildman–Crippen LogP) is 3.02. The summed E-state index contributed by atoms with van der Waals surface area (Å²) in [5.74, 6) is 0.942. The molecule has 1 aromatic heterocycles. The molecular formula is C17H30N4. The average Bonchev–Trinajstić information content (AvgIpc) is 2.74. The van der Waals surface area contributed by atoms with Gasteiger partial charge < -0.3 is 10.2 Å². The second-order valence-electron chi connectivity index (χ2n) is 6.07. The van der Waals surface area contributed by atoms with Gasteiger partial charge in [0.25, 0.3) is 0 Å². The summed E-state index contributed by atoms with van der Waals surface area (Å²) in [4.78, 5) is 11.9. The van der Waals surface area contributed by atoms with E-state index in [4.69, 9.17) is 9.97 Å². The lowest BCUT2D eigenvalue weighted by molar-refractivity contribution is 0.664. The van der Waals surface area contributed by atoms with E-state index < -0.39 is 0 Å². The van der Waals surface area contributed by atoms with Crippen molar-refractivity contribution < 1.29 is 0 Å². The normalized spacial score (nSPS) is 16.0. The highest BCUT2D eigenvalue weighted by molar-refractivity contribution is 5.36. The van der Waals surface area contributed by atoms with E-state index in [0.717, 1.165) is 49.9 Å². The summed E-state index contributed by atoms with van der Waals surface area (Å²) in [6.07, 6.45) is 7.43. The summed E-state index contributed by atoms with van der Waals surface area (Å²) in [5, 5.41) is 3.46. The van der Waals surface area contributed by atoms with Gasteiger partial charge in [0.05, 0.1) is 0 Å². The van der Waals surface area contributed by atoms with Crippen molar-refractivity contribution in [2.45, 2.75) is 59.3 Å². The van der Waals surface area contributed by atoms with Crippen LogP contribution in [0, 0.1) is 13.8 Å². The number of hydrogen-bond acceptors (Lipinski definition) is 4. The van der Waals surface area contributed by atoms with Gasteiger partial charge in [0.1, 0.15) is 0 Å². The number of anilines is 1. The Balaban J connectivity index is 2.05. The van der Waals surface area contributed by atoms with E-state index in [1.54, 1.807) is 0 Å². The maximum Gasteiger partial charge on any atom is 0.225 e. The zero-order valence-electron chi connectivity index (χ0n) is 13.9. The first kappa shape index (κ1) is 16.2. The first-order valence-electron chi connectivity index (χ1n) is 8.52. The smallest absolute Gasteiger partial charge is 0.225 e. The van der Waals surface area contributed by atoms with Crippen LogP contribution < -0.4 is 10.2 Å². The molecule has 118 valence electrons. The molecule has 0 saturated carbocycles. The summed E-state index contributed by atoms with van der Waals surface area (Å²) in [6.45, 7) is 10.8. The maximum absolute atomic E-state index is 4.79. The lowest BCUT2D eigenvalue weighted by Gasteiger charge is -2.22. The van der Waals surface area contributed by atoms with Gasteiger partial charge in [0.15, 0.2) is 0 Å². The molecule has 1 aliphatic heterocycles. The Morgan fingerprint density at radius 2 is 1.57 bits per heavy atom. The Morgan fingerprint density at radius 3 is 2.14 bits per heavy atom. The van der Waals surface area contributed by atoms with Crippen LogP contribution in [0.4, 0.5) is 5.95 Å². The number of nitrogens with one attached hydrogen (secondary N) is 1. The van der Waals surface area contributed by atoms with Crippen molar-refractivity contribution in [3.63, 3.8) is 0 Å². The van der Waals surface area contributed by atoms with Crippen molar-refractivity contribution >= 4 is 5.95 Å². The molecule has 1 fully saturated rings. The summed E-state index contributed by atoms with van der Waals surface area (Å²) in [7, 11) is 0. The van der Waals surface area contributed by atoms with E-state index in [0.29, 0.717) is 0 Å². The molecule has 1 aromatic rings. The number of nitrogens with zero attached hydrogens (tertiary/aromatic N) is 3. The molecule has 0 amide bonds. The van der Waals surface area contributed by atoms with Crippen LogP contribution in [0.2, 0.25) is 0 Å². The second kappa shape index (κ2) is 8.32. The molecule has 4 heteroatoms. The third-order valence-electron chi connectivity index (χ3n) is 4.28. The van der Waals surface area contributed by atoms with Crippen molar-refractivity contribution in [2.75, 3.05) is 31.1 Å². The van der Waals surface area contributed by atoms with E-state index >= 15 is 0 Å². The quantitative estimate of drug-likeness (QED) is 0.818. The van der Waals surface area contributed by atoms with Crippen molar-refractivity contribution in [3.8, 4) is 0 Å². The minimum Gasteiger partial charge on any atom is -0.341 e. The third kappa shape index (κ3) is 4.67. The Morgan fingerprint density at radius 1 is 0.952 bits per heavy atom. The first-order chi connectivity index (χ1) is 10.2. The van der Waals surface area contributed by atoms with Crippen molar-refractivity contribution in [3.05, 3.63) is 17.0 Å². The van der Waals surface area contributed by atoms with Crippen LogP contribution in [0.5, 0.6) is 0 Å². The van der Waals surface area contributed by atoms with Crippen LogP contribution in [-0.4, -0.2) is 36.1 Å². The van der Waals surface area contributed by atoms with E-state index in [-0.39, 0.29) is 0 Å². The summed E-state index contributed by atoms with van der Waals surface area (Å²) in [6, 6.07) is 0. The Bertz CT molecular complexity index is 413. The number of rotatable bonds is 6. The minimum absolute atomic E-state index is 0.942. The van der Waals surface area contributed by atoms with Crippen molar-refractivity contribution in [1.29, 1.82) is 0 Å². The van der Waals surface area contributed by atoms with E-state index in [1.165, 1.54) is 37.7 Å². The topological polar surface area (TPSA) is 41.1 Å². The lowest BCUT2D eigenvalue weighted by atomic mass is 10.1. The van der Waals surface area contributed by atoms with Gasteiger partial charge in [-0.1, -0.05) is 19.8 Å². The lowest BCUT2D eigenvalue weighted by Crippen LogP contribution is -2.27. The highest BCUT2D eigenvalue weighted by atomic mass is 15.2. The number of aryl methyl sites for hydroxylation is 2. The van der Waals surface area contributed by atoms with Crippen molar-refractivity contribution in [2.24, 2.45) is 0 Å². The molecule has 0 aromatic carbocycles. The minimum atomic E-state index is 0.942. The van der Waals surface area contributed by atoms with Gasteiger partial charge in [0, 0.05) is 24.5 Å². The van der Waals surface area contributed by atoms with Crippen molar-refractivity contribution in [1.82, 2.24) is 15.3 Å². The van der Waals surface area contributed by atoms with Gasteiger partial charge in [-0.15, -0.1) is 0 Å². The Kier molecular flexibility index (Phi) is 6.43. The van der Waals surface area contributed by atoms with Gasteiger partial charge >= 0.3 is 0 Å². The highest BCUT2D eigenvalue weighted by Gasteiger charge is 2.15. The largest absolute Gasteiger partial charge is 0.341 e. The number of hydrogen-bond donors (Lipinski definition) is 1. The van der Waals surface area contributed by atoms with Crippen LogP contribution in [-0.2, 0) is 6.42 Å². The zero-order valence-corrected chi connectivity index (χ0v) is 13.9. The zero-order chi connectivity index (χ0) is 15.1. The summed E-state index contributed by atoms with van der Waals surface area (Å²) >= 11 is 0. The fourth-order valence-corrected chi connectivity index (χ4v) is 3.01. The average molecular weight is 290 g/mol. The van der Waals surface area contributed by atoms with E-state index in [9.17, 15) is 0 Å². The van der Waals surface area contributed by atoms with Crippen LogP contribution >= 0.6 is 0 Å². The van der Waals surface area contributed by atoms with Crippen LogP contribution in [0.25, 0.3) is 0 Å². The van der Waals surface area contributed by atoms with Gasteiger partial charge in [0.2, 0.25) is 5.95 Å². The molecule has 2 heterocycles. The van der Waals surface area contributed by atoms with Gasteiger partial charge in [-0.05, 0) is 58.2 Å². The fraction of sp³-hybridized carbons (Fsp3) is 0.765. The van der Waals surface area contributed by atoms with Gasteiger partial charge in [-0.3, -0.25) is 0 Å². The molecule has 0 aliphatic carbocycles. The second-order valence-corrected chi connectivity index (χ2v) is 6.07. The molecular weight excluding hydrogens is 260 g/mol. The van der Waals surface area contributed by atoms with E-state index in [2.05, 4.69) is 31.0 Å². The molecule has 21 heavy (non-hydrogen) atoms. The molecule has 0 radical (unpaired) electrons. The number of aromatic nitrogens is 2. The molecule has 0 bridgehead atoms. The van der Waals surface area contributed by atoms with Gasteiger partial charge in [-0.2, -0.15) is 0 Å². The maximum atomic E-state index is 4.79. The SMILES string of the molecule is CCCNCCc1c(C)nc(N2CCCCCC2)nc1C. The van der Waals surface area contributed by atoms with Crippen LogP contribution in [0.1, 0.15) is 56.0 Å². The predicted molar refractivity (Wildman–Crippen MR) is 89.1 cm³/mol. The first-order valence-corrected chi connectivity index (χ1v) is 8.52.